The van der Waals surface area contributed by atoms with E-state index in [2.05, 4.69) is 30.6 Å². The van der Waals surface area contributed by atoms with Crippen LogP contribution >= 0.6 is 0 Å². The first-order chi connectivity index (χ1) is 24.6. The lowest BCUT2D eigenvalue weighted by Crippen LogP contribution is -2.38. The van der Waals surface area contributed by atoms with Crippen molar-refractivity contribution in [3.05, 3.63) is 96.6 Å². The molecule has 0 bridgehead atoms. The van der Waals surface area contributed by atoms with Gasteiger partial charge in [0.25, 0.3) is 0 Å². The van der Waals surface area contributed by atoms with E-state index in [-0.39, 0.29) is 19.8 Å². The van der Waals surface area contributed by atoms with Crippen molar-refractivity contribution >= 4 is 5.97 Å². The van der Waals surface area contributed by atoms with Gasteiger partial charge in [-0.1, -0.05) is 43.8 Å². The summed E-state index contributed by atoms with van der Waals surface area (Å²) in [5.41, 5.74) is 5.68. The summed E-state index contributed by atoms with van der Waals surface area (Å²) in [4.78, 5) is 24.6. The molecule has 0 unspecified atom stereocenters. The topological polar surface area (TPSA) is 119 Å². The molecule has 2 aliphatic heterocycles. The van der Waals surface area contributed by atoms with Gasteiger partial charge in [0.15, 0.2) is 0 Å². The second-order valence-corrected chi connectivity index (χ2v) is 11.8. The van der Waals surface area contributed by atoms with Gasteiger partial charge in [0.05, 0.1) is 63.8 Å². The van der Waals surface area contributed by atoms with Crippen LogP contribution in [-0.2, 0) is 31.8 Å². The molecule has 0 spiro atoms. The fourth-order valence-electron chi connectivity index (χ4n) is 5.42. The maximum absolute atomic E-state index is 11.3. The molecule has 51 heavy (non-hydrogen) atoms. The summed E-state index contributed by atoms with van der Waals surface area (Å²) in [6.07, 6.45) is 4.11. The Balaban J connectivity index is 0.000000225. The molecule has 0 amide bonds. The van der Waals surface area contributed by atoms with Gasteiger partial charge in [-0.15, -0.1) is 0 Å². The van der Waals surface area contributed by atoms with E-state index in [4.69, 9.17) is 24.2 Å². The molecule has 0 saturated carbocycles. The Kier molecular flexibility index (Phi) is 16.3. The van der Waals surface area contributed by atoms with Crippen LogP contribution < -0.4 is 9.47 Å². The number of methoxy groups -OCH3 is 1. The SMILES string of the molecule is C.COC(=O)Cc1ccc(-c2ccc(OCCN3CCOCC3)cc2)cn1.N#CCc1ccc(-c2ccc(OCCN3CCOCC3)cc2)cn1. The van der Waals surface area contributed by atoms with Crippen LogP contribution in [0.1, 0.15) is 18.8 Å². The second kappa shape index (κ2) is 21.4. The van der Waals surface area contributed by atoms with Gasteiger partial charge in [-0.2, -0.15) is 5.26 Å². The number of esters is 1. The molecule has 11 nitrogen and oxygen atoms in total. The summed E-state index contributed by atoms with van der Waals surface area (Å²) >= 11 is 0. The third-order valence-electron chi connectivity index (χ3n) is 8.40. The standard InChI is InChI=1S/C20H24N2O4.C19H21N3O2.CH4/c1-24-20(23)14-18-5-2-17(15-21-18)16-3-6-19(7-4-16)26-13-10-22-8-11-25-12-9-22;20-8-7-18-4-1-17(15-21-18)16-2-5-19(6-3-16)24-14-11-22-9-12-23-13-10-22;/h2-7,15H,8-14H2,1H3;1-6,15H,7,9-14H2;1H4. The number of nitriles is 1. The number of ether oxygens (including phenoxy) is 5. The molecule has 2 aliphatic rings. The van der Waals surface area contributed by atoms with E-state index >= 15 is 0 Å². The van der Waals surface area contributed by atoms with Crippen molar-refractivity contribution in [2.24, 2.45) is 0 Å². The van der Waals surface area contributed by atoms with Crippen LogP contribution in [0.15, 0.2) is 85.2 Å². The Morgan fingerprint density at radius 1 is 0.686 bits per heavy atom. The van der Waals surface area contributed by atoms with Gasteiger partial charge in [0.1, 0.15) is 24.7 Å². The molecule has 0 atom stereocenters. The Morgan fingerprint density at radius 3 is 1.51 bits per heavy atom. The third kappa shape index (κ3) is 13.1. The Hall–Kier alpha value is -4.86. The molecule has 6 rings (SSSR count). The number of carbonyl (C=O) groups is 1. The number of benzene rings is 2. The smallest absolute Gasteiger partial charge is 0.311 e. The van der Waals surface area contributed by atoms with Gasteiger partial charge >= 0.3 is 5.97 Å². The molecule has 2 fully saturated rings. The molecule has 0 aliphatic carbocycles. The van der Waals surface area contributed by atoms with Gasteiger partial charge < -0.3 is 23.7 Å². The fourth-order valence-corrected chi connectivity index (χ4v) is 5.42. The number of carbonyl (C=O) groups excluding carboxylic acids is 1. The zero-order chi connectivity index (χ0) is 34.8. The highest BCUT2D eigenvalue weighted by molar-refractivity contribution is 5.72. The average Bonchev–Trinajstić information content (AvgIpc) is 3.17. The number of pyridine rings is 2. The Bertz CT molecular complexity index is 1610. The zero-order valence-corrected chi connectivity index (χ0v) is 28.7. The molecule has 2 saturated heterocycles. The van der Waals surface area contributed by atoms with E-state index < -0.39 is 0 Å². The zero-order valence-electron chi connectivity index (χ0n) is 28.7. The lowest BCUT2D eigenvalue weighted by atomic mass is 10.1. The summed E-state index contributed by atoms with van der Waals surface area (Å²) in [5, 5.41) is 8.68. The molecule has 4 heterocycles. The highest BCUT2D eigenvalue weighted by Crippen LogP contribution is 2.23. The van der Waals surface area contributed by atoms with E-state index in [9.17, 15) is 4.79 Å². The van der Waals surface area contributed by atoms with Gasteiger partial charge in [-0.05, 0) is 47.5 Å². The minimum absolute atomic E-state index is 0. The van der Waals surface area contributed by atoms with Crippen molar-refractivity contribution in [2.45, 2.75) is 20.3 Å². The molecule has 2 aromatic heterocycles. The van der Waals surface area contributed by atoms with E-state index in [1.807, 2.05) is 72.8 Å². The molecule has 11 heteroatoms. The maximum Gasteiger partial charge on any atom is 0.311 e. The van der Waals surface area contributed by atoms with Gasteiger partial charge in [0.2, 0.25) is 0 Å². The van der Waals surface area contributed by atoms with Crippen molar-refractivity contribution in [3.63, 3.8) is 0 Å². The van der Waals surface area contributed by atoms with Crippen LogP contribution in [0.2, 0.25) is 0 Å². The van der Waals surface area contributed by atoms with Crippen LogP contribution in [0, 0.1) is 11.3 Å². The van der Waals surface area contributed by atoms with E-state index in [0.717, 1.165) is 105 Å². The quantitative estimate of drug-likeness (QED) is 0.169. The van der Waals surface area contributed by atoms with Crippen molar-refractivity contribution in [1.29, 1.82) is 5.26 Å². The molecule has 270 valence electrons. The van der Waals surface area contributed by atoms with Crippen LogP contribution in [0.25, 0.3) is 22.3 Å². The third-order valence-corrected chi connectivity index (χ3v) is 8.40. The van der Waals surface area contributed by atoms with Crippen molar-refractivity contribution in [1.82, 2.24) is 19.8 Å². The fraction of sp³-hybridized carbons (Fsp3) is 0.400. The van der Waals surface area contributed by atoms with E-state index in [0.29, 0.717) is 25.3 Å². The summed E-state index contributed by atoms with van der Waals surface area (Å²) in [6, 6.07) is 25.8. The van der Waals surface area contributed by atoms with Crippen LogP contribution in [0.5, 0.6) is 11.5 Å². The first-order valence-electron chi connectivity index (χ1n) is 17.0. The molecular formula is C40H49N5O6. The van der Waals surface area contributed by atoms with Gasteiger partial charge in [0, 0.05) is 62.8 Å². The number of aromatic nitrogens is 2. The first-order valence-corrected chi connectivity index (χ1v) is 17.0. The predicted molar refractivity (Wildman–Crippen MR) is 197 cm³/mol. The molecule has 2 aromatic carbocycles. The lowest BCUT2D eigenvalue weighted by molar-refractivity contribution is -0.139. The summed E-state index contributed by atoms with van der Waals surface area (Å²) in [5.74, 6) is 1.45. The van der Waals surface area contributed by atoms with Crippen molar-refractivity contribution in [2.75, 3.05) is 86.0 Å². The summed E-state index contributed by atoms with van der Waals surface area (Å²) in [7, 11) is 1.38. The van der Waals surface area contributed by atoms with Crippen LogP contribution in [0.3, 0.4) is 0 Å². The van der Waals surface area contributed by atoms with E-state index in [1.165, 1.54) is 7.11 Å². The monoisotopic (exact) mass is 695 g/mol. The number of nitrogens with zero attached hydrogens (tertiary/aromatic N) is 5. The molecule has 4 aromatic rings. The molecule has 0 radical (unpaired) electrons. The average molecular weight is 696 g/mol. The number of morpholine rings is 2. The maximum atomic E-state index is 11.3. The minimum atomic E-state index is -0.288. The largest absolute Gasteiger partial charge is 0.492 e. The summed E-state index contributed by atoms with van der Waals surface area (Å²) < 4.78 is 27.0. The Morgan fingerprint density at radius 2 is 1.12 bits per heavy atom. The number of hydrogen-bond acceptors (Lipinski definition) is 11. The highest BCUT2D eigenvalue weighted by Gasteiger charge is 2.11. The highest BCUT2D eigenvalue weighted by atomic mass is 16.5. The summed E-state index contributed by atoms with van der Waals surface area (Å²) in [6.45, 7) is 10.4. The lowest BCUT2D eigenvalue weighted by Gasteiger charge is -2.26. The predicted octanol–water partition coefficient (Wildman–Crippen LogP) is 5.34. The van der Waals surface area contributed by atoms with Gasteiger partial charge in [-0.3, -0.25) is 24.6 Å². The van der Waals surface area contributed by atoms with Crippen molar-refractivity contribution in [3.8, 4) is 39.8 Å². The number of rotatable bonds is 13. The Labute approximate surface area is 301 Å². The second-order valence-electron chi connectivity index (χ2n) is 11.8. The normalized spacial score (nSPS) is 14.6. The first kappa shape index (κ1) is 38.9. The van der Waals surface area contributed by atoms with Crippen molar-refractivity contribution < 1.29 is 28.5 Å². The van der Waals surface area contributed by atoms with Gasteiger partial charge in [-0.25, -0.2) is 0 Å². The van der Waals surface area contributed by atoms with Crippen LogP contribution in [-0.4, -0.2) is 112 Å². The minimum Gasteiger partial charge on any atom is -0.492 e. The van der Waals surface area contributed by atoms with E-state index in [1.54, 1.807) is 12.4 Å². The molecular weight excluding hydrogens is 646 g/mol. The molecule has 0 N–H and O–H groups in total. The number of hydrogen-bond donors (Lipinski definition) is 0. The van der Waals surface area contributed by atoms with Crippen LogP contribution in [0.4, 0.5) is 0 Å².